The van der Waals surface area contributed by atoms with Gasteiger partial charge in [0.05, 0.1) is 24.9 Å². The predicted octanol–water partition coefficient (Wildman–Crippen LogP) is 1.47. The van der Waals surface area contributed by atoms with Gasteiger partial charge in [0.15, 0.2) is 11.6 Å². The highest BCUT2D eigenvalue weighted by Gasteiger charge is 2.32. The SMILES string of the molecule is Fc1cnc(N2CC3CNCC(C2)O3)nc1Nc1ccc2c(c1)C=NC2. The summed E-state index contributed by atoms with van der Waals surface area (Å²) in [5.74, 6) is 0.231. The molecule has 7 nitrogen and oxygen atoms in total. The number of aliphatic imine (C=N–C) groups is 1. The molecule has 1 aromatic carbocycles. The van der Waals surface area contributed by atoms with Crippen molar-refractivity contribution in [3.63, 3.8) is 0 Å². The van der Waals surface area contributed by atoms with Crippen molar-refractivity contribution in [3.05, 3.63) is 41.3 Å². The Balaban J connectivity index is 1.39. The summed E-state index contributed by atoms with van der Waals surface area (Å²) < 4.78 is 20.2. The predicted molar refractivity (Wildman–Crippen MR) is 96.8 cm³/mol. The average molecular weight is 354 g/mol. The monoisotopic (exact) mass is 354 g/mol. The number of nitrogens with one attached hydrogen (secondary N) is 2. The maximum absolute atomic E-state index is 14.3. The van der Waals surface area contributed by atoms with E-state index in [1.54, 1.807) is 0 Å². The molecule has 0 saturated carbocycles. The molecular weight excluding hydrogens is 335 g/mol. The summed E-state index contributed by atoms with van der Waals surface area (Å²) in [4.78, 5) is 14.9. The van der Waals surface area contributed by atoms with Gasteiger partial charge in [0.1, 0.15) is 0 Å². The molecule has 26 heavy (non-hydrogen) atoms. The fraction of sp³-hybridized carbons (Fsp3) is 0.389. The molecule has 0 aliphatic carbocycles. The van der Waals surface area contributed by atoms with Crippen molar-refractivity contribution in [1.82, 2.24) is 15.3 Å². The van der Waals surface area contributed by atoms with Gasteiger partial charge in [-0.15, -0.1) is 0 Å². The Bertz CT molecular complexity index is 861. The van der Waals surface area contributed by atoms with Gasteiger partial charge in [-0.1, -0.05) is 6.07 Å². The molecule has 134 valence electrons. The number of ether oxygens (including phenoxy) is 1. The lowest BCUT2D eigenvalue weighted by atomic mass is 10.1. The van der Waals surface area contributed by atoms with Gasteiger partial charge in [0.2, 0.25) is 5.95 Å². The van der Waals surface area contributed by atoms with Crippen molar-refractivity contribution in [1.29, 1.82) is 0 Å². The quantitative estimate of drug-likeness (QED) is 0.870. The van der Waals surface area contributed by atoms with Gasteiger partial charge < -0.3 is 20.3 Å². The van der Waals surface area contributed by atoms with Crippen molar-refractivity contribution in [2.24, 2.45) is 4.99 Å². The lowest BCUT2D eigenvalue weighted by molar-refractivity contribution is -0.0488. The van der Waals surface area contributed by atoms with E-state index in [9.17, 15) is 4.39 Å². The van der Waals surface area contributed by atoms with Gasteiger partial charge in [0.25, 0.3) is 0 Å². The van der Waals surface area contributed by atoms with E-state index in [0.717, 1.165) is 24.3 Å². The molecular formula is C18H19FN6O. The number of hydrogen-bond acceptors (Lipinski definition) is 7. The molecule has 1 aromatic heterocycles. The highest BCUT2D eigenvalue weighted by atomic mass is 19.1. The van der Waals surface area contributed by atoms with E-state index >= 15 is 0 Å². The van der Waals surface area contributed by atoms with Crippen molar-refractivity contribution in [2.75, 3.05) is 36.4 Å². The largest absolute Gasteiger partial charge is 0.369 e. The van der Waals surface area contributed by atoms with Gasteiger partial charge in [0, 0.05) is 38.1 Å². The van der Waals surface area contributed by atoms with Crippen LogP contribution in [-0.4, -0.2) is 54.6 Å². The maximum Gasteiger partial charge on any atom is 0.227 e. The second-order valence-electron chi connectivity index (χ2n) is 6.82. The first-order valence-electron chi connectivity index (χ1n) is 8.78. The Labute approximate surface area is 150 Å². The topological polar surface area (TPSA) is 74.7 Å². The zero-order valence-corrected chi connectivity index (χ0v) is 14.2. The number of morpholine rings is 2. The summed E-state index contributed by atoms with van der Waals surface area (Å²) in [6, 6.07) is 5.87. The maximum atomic E-state index is 14.3. The summed E-state index contributed by atoms with van der Waals surface area (Å²) in [5, 5.41) is 6.43. The molecule has 2 bridgehead atoms. The van der Waals surface area contributed by atoms with Gasteiger partial charge in [-0.05, 0) is 23.3 Å². The molecule has 0 radical (unpaired) electrons. The lowest BCUT2D eigenvalue weighted by Gasteiger charge is -2.41. The molecule has 2 saturated heterocycles. The Morgan fingerprint density at radius 3 is 2.92 bits per heavy atom. The Morgan fingerprint density at radius 2 is 2.08 bits per heavy atom. The molecule has 3 aliphatic rings. The molecule has 0 spiro atoms. The van der Waals surface area contributed by atoms with Crippen LogP contribution in [0, 0.1) is 5.82 Å². The normalized spacial score (nSPS) is 23.8. The van der Waals surface area contributed by atoms with Crippen LogP contribution < -0.4 is 15.5 Å². The highest BCUT2D eigenvalue weighted by Crippen LogP contribution is 2.25. The van der Waals surface area contributed by atoms with Crippen molar-refractivity contribution in [3.8, 4) is 0 Å². The number of hydrogen-bond donors (Lipinski definition) is 2. The molecule has 4 heterocycles. The van der Waals surface area contributed by atoms with Crippen molar-refractivity contribution in [2.45, 2.75) is 18.8 Å². The van der Waals surface area contributed by atoms with Crippen molar-refractivity contribution < 1.29 is 9.13 Å². The summed E-state index contributed by atoms with van der Waals surface area (Å²) in [6.45, 7) is 3.73. The number of rotatable bonds is 3. The van der Waals surface area contributed by atoms with Crippen LogP contribution in [-0.2, 0) is 11.3 Å². The van der Waals surface area contributed by atoms with Gasteiger partial charge in [-0.2, -0.15) is 4.98 Å². The van der Waals surface area contributed by atoms with Gasteiger partial charge in [-0.25, -0.2) is 9.37 Å². The second-order valence-corrected chi connectivity index (χ2v) is 6.82. The van der Waals surface area contributed by atoms with Crippen LogP contribution in [0.5, 0.6) is 0 Å². The van der Waals surface area contributed by atoms with Crippen LogP contribution >= 0.6 is 0 Å². The first-order valence-corrected chi connectivity index (χ1v) is 8.78. The van der Waals surface area contributed by atoms with Crippen LogP contribution in [0.3, 0.4) is 0 Å². The molecule has 2 aromatic rings. The molecule has 2 N–H and O–H groups in total. The van der Waals surface area contributed by atoms with E-state index < -0.39 is 5.82 Å². The van der Waals surface area contributed by atoms with Crippen LogP contribution in [0.25, 0.3) is 0 Å². The van der Waals surface area contributed by atoms with Crippen LogP contribution in [0.15, 0.2) is 29.4 Å². The minimum atomic E-state index is -0.474. The third kappa shape index (κ3) is 2.91. The molecule has 8 heteroatoms. The third-order valence-corrected chi connectivity index (χ3v) is 4.89. The second kappa shape index (κ2) is 6.30. The smallest absolute Gasteiger partial charge is 0.227 e. The van der Waals surface area contributed by atoms with Gasteiger partial charge >= 0.3 is 0 Å². The molecule has 2 fully saturated rings. The van der Waals surface area contributed by atoms with E-state index in [2.05, 4.69) is 30.5 Å². The van der Waals surface area contributed by atoms with E-state index in [-0.39, 0.29) is 18.0 Å². The average Bonchev–Trinajstić information content (AvgIpc) is 3.11. The summed E-state index contributed by atoms with van der Waals surface area (Å²) in [5.41, 5.74) is 3.01. The van der Waals surface area contributed by atoms with Crippen LogP contribution in [0.2, 0.25) is 0 Å². The van der Waals surface area contributed by atoms with Crippen molar-refractivity contribution >= 4 is 23.7 Å². The van der Waals surface area contributed by atoms with E-state index in [1.165, 1.54) is 11.8 Å². The molecule has 2 unspecified atom stereocenters. The van der Waals surface area contributed by atoms with Gasteiger partial charge in [-0.3, -0.25) is 4.99 Å². The molecule has 5 rings (SSSR count). The van der Waals surface area contributed by atoms with E-state index in [0.29, 0.717) is 25.6 Å². The molecule has 2 atom stereocenters. The minimum Gasteiger partial charge on any atom is -0.369 e. The first kappa shape index (κ1) is 15.7. The standard InChI is InChI=1S/C18H19FN6O/c19-16-8-22-18(25-9-14-6-21-7-15(10-25)26-14)24-17(16)23-13-2-1-11-4-20-5-12(11)3-13/h1-3,5,8,14-15,21H,4,6-7,9-10H2,(H,22,23,24). The zero-order valence-electron chi connectivity index (χ0n) is 14.2. The lowest BCUT2D eigenvalue weighted by Crippen LogP contribution is -2.58. The minimum absolute atomic E-state index is 0.114. The van der Waals surface area contributed by atoms with E-state index in [1.807, 2.05) is 24.4 Å². The highest BCUT2D eigenvalue weighted by molar-refractivity contribution is 5.86. The fourth-order valence-corrected chi connectivity index (χ4v) is 3.63. The molecule has 3 aliphatic heterocycles. The Morgan fingerprint density at radius 1 is 1.23 bits per heavy atom. The van der Waals surface area contributed by atoms with Crippen LogP contribution in [0.4, 0.5) is 21.8 Å². The number of benzene rings is 1. The zero-order chi connectivity index (χ0) is 17.5. The number of halogens is 1. The third-order valence-electron chi connectivity index (χ3n) is 4.89. The summed E-state index contributed by atoms with van der Waals surface area (Å²) >= 11 is 0. The van der Waals surface area contributed by atoms with E-state index in [4.69, 9.17) is 4.74 Å². The molecule has 0 amide bonds. The number of nitrogens with zero attached hydrogens (tertiary/aromatic N) is 4. The number of anilines is 3. The number of aromatic nitrogens is 2. The first-order chi connectivity index (χ1) is 12.7. The summed E-state index contributed by atoms with van der Waals surface area (Å²) in [6.07, 6.45) is 3.29. The number of fused-ring (bicyclic) bond motifs is 3. The fourth-order valence-electron chi connectivity index (χ4n) is 3.63. The summed E-state index contributed by atoms with van der Waals surface area (Å²) in [7, 11) is 0. The van der Waals surface area contributed by atoms with Crippen LogP contribution in [0.1, 0.15) is 11.1 Å². The Hall–Kier alpha value is -2.58. The Kier molecular flexibility index (Phi) is 3.79.